The molecule has 0 radical (unpaired) electrons. The Hall–Kier alpha value is -1.42. The summed E-state index contributed by atoms with van der Waals surface area (Å²) in [5.41, 5.74) is 0.827. The topological polar surface area (TPSA) is 44.3 Å². The number of nitrogens with one attached hydrogen (secondary N) is 2. The van der Waals surface area contributed by atoms with Crippen molar-refractivity contribution in [3.05, 3.63) is 35.3 Å². The van der Waals surface area contributed by atoms with Gasteiger partial charge in [-0.2, -0.15) is 0 Å². The Bertz CT molecular complexity index is 344. The monoisotopic (exact) mass is 210 g/mol. The van der Waals surface area contributed by atoms with Gasteiger partial charge in [-0.3, -0.25) is 0 Å². The van der Waals surface area contributed by atoms with E-state index in [1.165, 1.54) is 11.3 Å². The van der Waals surface area contributed by atoms with Gasteiger partial charge in [0.2, 0.25) is 0 Å². The van der Waals surface area contributed by atoms with Gasteiger partial charge in [0.15, 0.2) is 0 Å². The highest BCUT2D eigenvalue weighted by atomic mass is 32.1. The normalized spacial score (nSPS) is 9.50. The molecule has 0 aliphatic rings. The largest absolute Gasteiger partial charge is 0.507 e. The van der Waals surface area contributed by atoms with Crippen molar-refractivity contribution < 1.29 is 5.11 Å². The predicted octanol–water partition coefficient (Wildman–Crippen LogP) is 2.77. The third-order valence-corrected chi connectivity index (χ3v) is 2.57. The van der Waals surface area contributed by atoms with E-state index in [4.69, 9.17) is 0 Å². The Labute approximate surface area is 87.8 Å². The molecule has 0 fully saturated rings. The fraction of sp³-hybridized carbons (Fsp3) is 0.200. The molecule has 0 spiro atoms. The van der Waals surface area contributed by atoms with Crippen molar-refractivity contribution in [1.82, 2.24) is 5.32 Å². The minimum atomic E-state index is 0.0757. The van der Waals surface area contributed by atoms with Gasteiger partial charge in [0.1, 0.15) is 5.76 Å². The number of thiophene rings is 1. The van der Waals surface area contributed by atoms with Gasteiger partial charge in [0, 0.05) is 6.54 Å². The van der Waals surface area contributed by atoms with Crippen LogP contribution >= 0.6 is 11.3 Å². The molecule has 0 saturated carbocycles. The van der Waals surface area contributed by atoms with E-state index in [1.54, 1.807) is 0 Å². The average Bonchev–Trinajstić information content (AvgIpc) is 2.52. The van der Waals surface area contributed by atoms with Crippen LogP contribution in [0, 0.1) is 0 Å². The molecule has 4 heteroatoms. The number of rotatable bonds is 5. The van der Waals surface area contributed by atoms with Crippen LogP contribution in [0.5, 0.6) is 0 Å². The molecule has 1 aromatic heterocycles. The van der Waals surface area contributed by atoms with E-state index < -0.39 is 0 Å². The summed E-state index contributed by atoms with van der Waals surface area (Å²) >= 11 is 1.44. The summed E-state index contributed by atoms with van der Waals surface area (Å²) in [7, 11) is 0. The smallest absolute Gasteiger partial charge is 0.127 e. The zero-order valence-corrected chi connectivity index (χ0v) is 8.95. The fourth-order valence-electron chi connectivity index (χ4n) is 1.05. The van der Waals surface area contributed by atoms with Crippen molar-refractivity contribution in [1.29, 1.82) is 0 Å². The van der Waals surface area contributed by atoms with Crippen molar-refractivity contribution >= 4 is 22.8 Å². The van der Waals surface area contributed by atoms with Crippen molar-refractivity contribution in [2.75, 3.05) is 11.9 Å². The minimum absolute atomic E-state index is 0.0757. The number of anilines is 1. The van der Waals surface area contributed by atoms with Crippen LogP contribution in [0.25, 0.3) is 5.76 Å². The third kappa shape index (κ3) is 2.53. The highest BCUT2D eigenvalue weighted by Gasteiger charge is 2.06. The molecular weight excluding hydrogens is 196 g/mol. The van der Waals surface area contributed by atoms with Crippen molar-refractivity contribution in [2.24, 2.45) is 0 Å². The summed E-state index contributed by atoms with van der Waals surface area (Å²) in [6.45, 7) is 10.1. The van der Waals surface area contributed by atoms with E-state index in [0.717, 1.165) is 17.1 Å². The van der Waals surface area contributed by atoms with Crippen LogP contribution in [0.4, 0.5) is 5.69 Å². The Morgan fingerprint density at radius 2 is 2.29 bits per heavy atom. The molecule has 0 aliphatic carbocycles. The Morgan fingerprint density at radius 1 is 1.57 bits per heavy atom. The van der Waals surface area contributed by atoms with Gasteiger partial charge in [-0.25, -0.2) is 0 Å². The molecule has 0 atom stereocenters. The standard InChI is InChI=1S/C10H14N2OS/c1-4-11-8(3)12-9-5-6-14-10(9)7(2)13/h5-6,11-13H,2-4H2,1H3. The van der Waals surface area contributed by atoms with Crippen LogP contribution in [-0.2, 0) is 0 Å². The second-order valence-corrected chi connectivity index (χ2v) is 3.66. The molecule has 0 amide bonds. The van der Waals surface area contributed by atoms with Crippen LogP contribution in [-0.4, -0.2) is 11.7 Å². The first-order valence-corrected chi connectivity index (χ1v) is 5.18. The lowest BCUT2D eigenvalue weighted by Gasteiger charge is -2.10. The van der Waals surface area contributed by atoms with Crippen LogP contribution in [0.15, 0.2) is 30.4 Å². The molecule has 0 aliphatic heterocycles. The third-order valence-electron chi connectivity index (χ3n) is 1.60. The van der Waals surface area contributed by atoms with Gasteiger partial charge in [-0.1, -0.05) is 13.2 Å². The maximum Gasteiger partial charge on any atom is 0.127 e. The molecule has 0 unspecified atom stereocenters. The van der Waals surface area contributed by atoms with Gasteiger partial charge in [0.25, 0.3) is 0 Å². The Balaban J connectivity index is 2.71. The van der Waals surface area contributed by atoms with Crippen LogP contribution in [0.3, 0.4) is 0 Å². The maximum atomic E-state index is 9.26. The summed E-state index contributed by atoms with van der Waals surface area (Å²) in [4.78, 5) is 0.740. The van der Waals surface area contributed by atoms with Crippen molar-refractivity contribution in [3.63, 3.8) is 0 Å². The maximum absolute atomic E-state index is 9.26. The van der Waals surface area contributed by atoms with Gasteiger partial charge in [-0.05, 0) is 18.4 Å². The number of aliphatic hydroxyl groups is 1. The summed E-state index contributed by atoms with van der Waals surface area (Å²) in [5.74, 6) is 0.792. The van der Waals surface area contributed by atoms with E-state index >= 15 is 0 Å². The van der Waals surface area contributed by atoms with E-state index in [9.17, 15) is 5.11 Å². The summed E-state index contributed by atoms with van der Waals surface area (Å²) < 4.78 is 0. The first-order chi connectivity index (χ1) is 6.65. The van der Waals surface area contributed by atoms with Crippen molar-refractivity contribution in [2.45, 2.75) is 6.92 Å². The van der Waals surface area contributed by atoms with Gasteiger partial charge in [0.05, 0.1) is 16.4 Å². The molecule has 3 N–H and O–H groups in total. The summed E-state index contributed by atoms with van der Waals surface area (Å²) in [6, 6.07) is 1.88. The van der Waals surface area contributed by atoms with Crippen LogP contribution in [0.1, 0.15) is 11.8 Å². The van der Waals surface area contributed by atoms with E-state index in [2.05, 4.69) is 23.8 Å². The SMILES string of the molecule is C=C(NCC)Nc1ccsc1C(=C)O. The number of hydrogen-bond acceptors (Lipinski definition) is 4. The van der Waals surface area contributed by atoms with E-state index in [1.807, 2.05) is 18.4 Å². The summed E-state index contributed by atoms with van der Waals surface area (Å²) in [5, 5.41) is 17.2. The minimum Gasteiger partial charge on any atom is -0.507 e. The first kappa shape index (κ1) is 10.7. The van der Waals surface area contributed by atoms with Gasteiger partial charge < -0.3 is 15.7 Å². The lowest BCUT2D eigenvalue weighted by atomic mass is 10.3. The molecule has 3 nitrogen and oxygen atoms in total. The van der Waals surface area contributed by atoms with Crippen LogP contribution < -0.4 is 10.6 Å². The fourth-order valence-corrected chi connectivity index (χ4v) is 1.77. The molecule has 14 heavy (non-hydrogen) atoms. The second-order valence-electron chi connectivity index (χ2n) is 2.74. The van der Waals surface area contributed by atoms with Crippen molar-refractivity contribution in [3.8, 4) is 0 Å². The lowest BCUT2D eigenvalue weighted by molar-refractivity contribution is 0.516. The first-order valence-electron chi connectivity index (χ1n) is 4.30. The van der Waals surface area contributed by atoms with E-state index in [0.29, 0.717) is 5.82 Å². The van der Waals surface area contributed by atoms with E-state index in [-0.39, 0.29) is 5.76 Å². The zero-order valence-electron chi connectivity index (χ0n) is 8.13. The average molecular weight is 210 g/mol. The molecule has 0 saturated heterocycles. The highest BCUT2D eigenvalue weighted by Crippen LogP contribution is 2.27. The Kier molecular flexibility index (Phi) is 3.59. The second kappa shape index (κ2) is 4.72. The predicted molar refractivity (Wildman–Crippen MR) is 62.4 cm³/mol. The summed E-state index contributed by atoms with van der Waals surface area (Å²) in [6.07, 6.45) is 0. The lowest BCUT2D eigenvalue weighted by Crippen LogP contribution is -2.17. The molecule has 76 valence electrons. The molecule has 0 aromatic carbocycles. The van der Waals surface area contributed by atoms with Gasteiger partial charge in [-0.15, -0.1) is 11.3 Å². The van der Waals surface area contributed by atoms with Gasteiger partial charge >= 0.3 is 0 Å². The molecular formula is C10H14N2OS. The molecule has 0 bridgehead atoms. The number of hydrogen-bond donors (Lipinski definition) is 3. The highest BCUT2D eigenvalue weighted by molar-refractivity contribution is 7.11. The number of aliphatic hydroxyl groups excluding tert-OH is 1. The molecule has 1 aromatic rings. The quantitative estimate of drug-likeness (QED) is 0.655. The molecule has 1 heterocycles. The molecule has 1 rings (SSSR count). The Morgan fingerprint density at radius 3 is 2.86 bits per heavy atom. The van der Waals surface area contributed by atoms with Crippen LogP contribution in [0.2, 0.25) is 0 Å². The zero-order chi connectivity index (χ0) is 10.6.